The molecule has 0 aliphatic carbocycles. The number of hydrogen-bond acceptors (Lipinski definition) is 1. The minimum atomic E-state index is 1.15. The molecular weight excluding hydrogens is 709 g/mol. The Morgan fingerprint density at radius 3 is 1.37 bits per heavy atom. The largest absolute Gasteiger partial charge is 0.309 e. The van der Waals surface area contributed by atoms with Gasteiger partial charge in [0.05, 0.1) is 22.1 Å². The first-order valence-electron chi connectivity index (χ1n) is 19.5. The van der Waals surface area contributed by atoms with Crippen molar-refractivity contribution >= 4 is 75.1 Å². The van der Waals surface area contributed by atoms with Gasteiger partial charge >= 0.3 is 0 Å². The summed E-state index contributed by atoms with van der Waals surface area (Å²) in [5.41, 5.74) is 14.5. The van der Waals surface area contributed by atoms with Crippen LogP contribution in [0.2, 0.25) is 0 Å². The number of thiophene rings is 1. The molecule has 3 heterocycles. The minimum Gasteiger partial charge on any atom is -0.309 e. The Kier molecular flexibility index (Phi) is 7.13. The van der Waals surface area contributed by atoms with Crippen molar-refractivity contribution in [2.75, 3.05) is 0 Å². The van der Waals surface area contributed by atoms with E-state index in [4.69, 9.17) is 0 Å². The summed E-state index contributed by atoms with van der Waals surface area (Å²) in [5, 5.41) is 7.67. The topological polar surface area (TPSA) is 9.86 Å². The van der Waals surface area contributed by atoms with Crippen LogP contribution in [-0.4, -0.2) is 9.13 Å². The van der Waals surface area contributed by atoms with Crippen molar-refractivity contribution in [1.29, 1.82) is 0 Å². The first-order chi connectivity index (χ1) is 28.3. The Balaban J connectivity index is 0.962. The zero-order valence-corrected chi connectivity index (χ0v) is 31.7. The Morgan fingerprint density at radius 1 is 0.263 bits per heavy atom. The number of rotatable bonds is 5. The molecule has 0 spiro atoms. The van der Waals surface area contributed by atoms with Crippen LogP contribution in [0.3, 0.4) is 0 Å². The summed E-state index contributed by atoms with van der Waals surface area (Å²) in [6, 6.07) is 75.6. The van der Waals surface area contributed by atoms with Crippen molar-refractivity contribution in [3.8, 4) is 44.8 Å². The number of benzene rings is 9. The number of fused-ring (bicyclic) bond motifs is 9. The second-order valence-electron chi connectivity index (χ2n) is 14.9. The number of para-hydroxylation sites is 2. The van der Waals surface area contributed by atoms with Gasteiger partial charge in [-0.2, -0.15) is 0 Å². The minimum absolute atomic E-state index is 1.15. The van der Waals surface area contributed by atoms with Gasteiger partial charge < -0.3 is 9.13 Å². The summed E-state index contributed by atoms with van der Waals surface area (Å²) >= 11 is 1.87. The Morgan fingerprint density at radius 2 is 0.719 bits per heavy atom. The van der Waals surface area contributed by atoms with Gasteiger partial charge in [0.1, 0.15) is 0 Å². The van der Waals surface area contributed by atoms with Crippen LogP contribution in [-0.2, 0) is 0 Å². The Hall–Kier alpha value is -7.20. The lowest BCUT2D eigenvalue weighted by Crippen LogP contribution is -1.94. The smallest absolute Gasteiger partial charge is 0.0541 e. The third-order valence-corrected chi connectivity index (χ3v) is 12.9. The van der Waals surface area contributed by atoms with Gasteiger partial charge in [0.25, 0.3) is 0 Å². The van der Waals surface area contributed by atoms with Gasteiger partial charge in [0, 0.05) is 53.1 Å². The fourth-order valence-electron chi connectivity index (χ4n) is 9.11. The number of nitrogens with zero attached hydrogens (tertiary/aromatic N) is 2. The quantitative estimate of drug-likeness (QED) is 0.166. The Bertz CT molecular complexity index is 3510. The molecule has 0 bridgehead atoms. The normalized spacial score (nSPS) is 11.9. The maximum atomic E-state index is 2.43. The predicted molar refractivity (Wildman–Crippen MR) is 244 cm³/mol. The maximum absolute atomic E-state index is 2.43. The molecule has 9 aromatic carbocycles. The molecule has 0 saturated carbocycles. The molecule has 12 rings (SSSR count). The van der Waals surface area contributed by atoms with Gasteiger partial charge in [-0.1, -0.05) is 140 Å². The van der Waals surface area contributed by atoms with Crippen LogP contribution in [0.15, 0.2) is 206 Å². The number of aromatic nitrogens is 2. The Labute approximate surface area is 333 Å². The molecule has 0 radical (unpaired) electrons. The lowest BCUT2D eigenvalue weighted by Gasteiger charge is -2.12. The van der Waals surface area contributed by atoms with E-state index in [-0.39, 0.29) is 0 Å². The molecule has 0 aliphatic rings. The van der Waals surface area contributed by atoms with E-state index in [9.17, 15) is 0 Å². The second-order valence-corrected chi connectivity index (χ2v) is 16.0. The summed E-state index contributed by atoms with van der Waals surface area (Å²) in [4.78, 5) is 0. The molecule has 2 nitrogen and oxygen atoms in total. The van der Waals surface area contributed by atoms with Crippen molar-refractivity contribution in [1.82, 2.24) is 9.13 Å². The lowest BCUT2D eigenvalue weighted by molar-refractivity contribution is 1.18. The highest BCUT2D eigenvalue weighted by Gasteiger charge is 2.17. The fraction of sp³-hybridized carbons (Fsp3) is 0. The van der Waals surface area contributed by atoms with Crippen LogP contribution >= 0.6 is 11.3 Å². The van der Waals surface area contributed by atoms with E-state index in [0.717, 1.165) is 5.69 Å². The standard InChI is InChI=1S/C54H34N2S/c1-2-12-35(13-3-1)41-14-4-5-15-42(41)36-22-26-39(27-23-36)55-49-19-9-6-16-43(49)47-32-37(24-30-51(47)55)38-25-31-52-48(33-38)44-17-7-10-20-50(44)56(52)40-28-29-46-45-18-8-11-21-53(45)57-54(46)34-40/h1-34H. The van der Waals surface area contributed by atoms with Crippen LogP contribution in [0.4, 0.5) is 0 Å². The van der Waals surface area contributed by atoms with Gasteiger partial charge in [-0.3, -0.25) is 0 Å². The highest BCUT2D eigenvalue weighted by molar-refractivity contribution is 7.25. The van der Waals surface area contributed by atoms with E-state index in [0.29, 0.717) is 0 Å². The van der Waals surface area contributed by atoms with Crippen LogP contribution < -0.4 is 0 Å². The third kappa shape index (κ3) is 5.03. The highest BCUT2D eigenvalue weighted by Crippen LogP contribution is 2.41. The first-order valence-corrected chi connectivity index (χ1v) is 20.3. The van der Waals surface area contributed by atoms with E-state index in [1.165, 1.54) is 103 Å². The molecule has 0 fully saturated rings. The predicted octanol–water partition coefficient (Wildman–Crippen LogP) is 15.2. The molecule has 266 valence electrons. The molecule has 3 aromatic heterocycles. The fourth-order valence-corrected chi connectivity index (χ4v) is 10.2. The zero-order valence-electron chi connectivity index (χ0n) is 30.9. The summed E-state index contributed by atoms with van der Waals surface area (Å²) in [6.45, 7) is 0. The molecule has 3 heteroatoms. The molecule has 57 heavy (non-hydrogen) atoms. The molecule has 0 amide bonds. The van der Waals surface area contributed by atoms with Crippen molar-refractivity contribution in [2.24, 2.45) is 0 Å². The van der Waals surface area contributed by atoms with E-state index in [1.54, 1.807) is 0 Å². The van der Waals surface area contributed by atoms with Gasteiger partial charge in [0.2, 0.25) is 0 Å². The number of hydrogen-bond donors (Lipinski definition) is 0. The van der Waals surface area contributed by atoms with Crippen molar-refractivity contribution in [3.05, 3.63) is 206 Å². The van der Waals surface area contributed by atoms with Crippen molar-refractivity contribution in [3.63, 3.8) is 0 Å². The SMILES string of the molecule is c1ccc(-c2ccccc2-c2ccc(-n3c4ccccc4c4cc(-c5ccc6c(c5)c5ccccc5n6-c5ccc6c(c5)sc5ccccc56)ccc43)cc2)cc1. The lowest BCUT2D eigenvalue weighted by atomic mass is 9.94. The summed E-state index contributed by atoms with van der Waals surface area (Å²) in [7, 11) is 0. The van der Waals surface area contributed by atoms with Gasteiger partial charge in [0.15, 0.2) is 0 Å². The summed E-state index contributed by atoms with van der Waals surface area (Å²) in [5.74, 6) is 0. The third-order valence-electron chi connectivity index (χ3n) is 11.7. The van der Waals surface area contributed by atoms with Gasteiger partial charge in [-0.15, -0.1) is 11.3 Å². The van der Waals surface area contributed by atoms with Crippen LogP contribution in [0, 0.1) is 0 Å². The van der Waals surface area contributed by atoms with Gasteiger partial charge in [-0.05, 0) is 100 Å². The molecule has 0 atom stereocenters. The van der Waals surface area contributed by atoms with E-state index >= 15 is 0 Å². The molecule has 0 aliphatic heterocycles. The molecule has 0 saturated heterocycles. The van der Waals surface area contributed by atoms with Crippen LogP contribution in [0.5, 0.6) is 0 Å². The van der Waals surface area contributed by atoms with Crippen LogP contribution in [0.25, 0.3) is 109 Å². The molecular formula is C54H34N2S. The van der Waals surface area contributed by atoms with E-state index < -0.39 is 0 Å². The summed E-state index contributed by atoms with van der Waals surface area (Å²) < 4.78 is 7.48. The summed E-state index contributed by atoms with van der Waals surface area (Å²) in [6.07, 6.45) is 0. The second kappa shape index (κ2) is 12.7. The van der Waals surface area contributed by atoms with Gasteiger partial charge in [-0.25, -0.2) is 0 Å². The average molecular weight is 743 g/mol. The molecule has 0 unspecified atom stereocenters. The highest BCUT2D eigenvalue weighted by atomic mass is 32.1. The van der Waals surface area contributed by atoms with E-state index in [2.05, 4.69) is 215 Å². The first kappa shape index (κ1) is 32.1. The van der Waals surface area contributed by atoms with Crippen molar-refractivity contribution < 1.29 is 0 Å². The maximum Gasteiger partial charge on any atom is 0.0541 e. The molecule has 12 aromatic rings. The molecule has 0 N–H and O–H groups in total. The monoisotopic (exact) mass is 742 g/mol. The van der Waals surface area contributed by atoms with E-state index in [1.807, 2.05) is 11.3 Å². The average Bonchev–Trinajstić information content (AvgIpc) is 3.93. The van der Waals surface area contributed by atoms with Crippen LogP contribution in [0.1, 0.15) is 0 Å². The van der Waals surface area contributed by atoms with Crippen molar-refractivity contribution in [2.45, 2.75) is 0 Å². The zero-order chi connectivity index (χ0) is 37.5.